The molecule has 4 aromatic rings. The number of nitrogens with one attached hydrogen (secondary N) is 1. The molecule has 3 N–H and O–H groups in total. The van der Waals surface area contributed by atoms with Crippen LogP contribution in [0.15, 0.2) is 101 Å². The van der Waals surface area contributed by atoms with Crippen LogP contribution in [0.25, 0.3) is 0 Å². The van der Waals surface area contributed by atoms with E-state index in [1.807, 2.05) is 66.9 Å². The first-order chi connectivity index (χ1) is 22.1. The molecule has 1 aromatic heterocycles. The van der Waals surface area contributed by atoms with Crippen LogP contribution in [-0.2, 0) is 27.7 Å². The van der Waals surface area contributed by atoms with Crippen molar-refractivity contribution in [3.05, 3.63) is 118 Å². The molecule has 46 heavy (non-hydrogen) atoms. The molecule has 4 atom stereocenters. The van der Waals surface area contributed by atoms with Gasteiger partial charge in [-0.05, 0) is 77.9 Å². The maximum atomic E-state index is 14.7. The number of ether oxygens (including phenoxy) is 1. The number of hydrogen-bond acceptors (Lipinski definition) is 7. The highest BCUT2D eigenvalue weighted by atomic mass is 32.2. The monoisotopic (exact) mass is 658 g/mol. The van der Waals surface area contributed by atoms with Crippen LogP contribution >= 0.6 is 11.3 Å². The number of sulfonamides is 1. The third-order valence-corrected chi connectivity index (χ3v) is 11.3. The summed E-state index contributed by atoms with van der Waals surface area (Å²) < 4.78 is 35.6. The summed E-state index contributed by atoms with van der Waals surface area (Å²) in [5.74, 6) is -0.609. The lowest BCUT2D eigenvalue weighted by Crippen LogP contribution is -2.78. The van der Waals surface area contributed by atoms with Gasteiger partial charge in [-0.15, -0.1) is 0 Å². The largest absolute Gasteiger partial charge is 0.495 e. The van der Waals surface area contributed by atoms with Gasteiger partial charge in [0.2, 0.25) is 10.0 Å². The molecule has 0 saturated carbocycles. The van der Waals surface area contributed by atoms with E-state index in [4.69, 9.17) is 10.5 Å². The van der Waals surface area contributed by atoms with Crippen molar-refractivity contribution in [2.24, 2.45) is 11.7 Å². The predicted molar refractivity (Wildman–Crippen MR) is 178 cm³/mol. The maximum absolute atomic E-state index is 14.7. The topological polar surface area (TPSA) is 122 Å². The third-order valence-electron chi connectivity index (χ3n) is 9.02. The molecule has 2 fully saturated rings. The molecule has 6 rings (SSSR count). The Morgan fingerprint density at radius 2 is 1.78 bits per heavy atom. The number of piperidine rings is 1. The fourth-order valence-corrected chi connectivity index (χ4v) is 8.93. The SMILES string of the molecule is COc1ccccc1S(=O)(=O)NC1CC(Cc2ccsc2)C2CN(C(=O)c3cccc(C)c3)C(N)(Cc3ccccc3)C(=O)N2C1. The minimum Gasteiger partial charge on any atom is -0.495 e. The minimum atomic E-state index is -3.99. The lowest BCUT2D eigenvalue weighted by molar-refractivity contribution is -0.159. The molecule has 2 saturated heterocycles. The van der Waals surface area contributed by atoms with Gasteiger partial charge in [0, 0.05) is 31.1 Å². The number of piperazine rings is 1. The van der Waals surface area contributed by atoms with Gasteiger partial charge in [-0.3, -0.25) is 9.59 Å². The Kier molecular flexibility index (Phi) is 9.02. The number of para-hydroxylation sites is 1. The Morgan fingerprint density at radius 1 is 1.02 bits per heavy atom. The molecule has 0 radical (unpaired) electrons. The lowest BCUT2D eigenvalue weighted by atomic mass is 9.79. The molecule has 0 aliphatic carbocycles. The van der Waals surface area contributed by atoms with Crippen LogP contribution in [0.4, 0.5) is 0 Å². The number of methoxy groups -OCH3 is 1. The zero-order chi connectivity index (χ0) is 32.5. The molecule has 0 spiro atoms. The van der Waals surface area contributed by atoms with Crippen molar-refractivity contribution in [2.75, 3.05) is 20.2 Å². The van der Waals surface area contributed by atoms with Gasteiger partial charge in [-0.1, -0.05) is 60.2 Å². The second-order valence-electron chi connectivity index (χ2n) is 12.2. The summed E-state index contributed by atoms with van der Waals surface area (Å²) in [6.45, 7) is 2.27. The van der Waals surface area contributed by atoms with E-state index in [1.54, 1.807) is 45.4 Å². The van der Waals surface area contributed by atoms with E-state index in [0.717, 1.165) is 16.7 Å². The van der Waals surface area contributed by atoms with E-state index in [0.29, 0.717) is 18.4 Å². The summed E-state index contributed by atoms with van der Waals surface area (Å²) in [6.07, 6.45) is 1.20. The number of rotatable bonds is 9. The molecule has 2 aliphatic rings. The van der Waals surface area contributed by atoms with E-state index in [9.17, 15) is 18.0 Å². The first-order valence-corrected chi connectivity index (χ1v) is 17.7. The fraction of sp³-hybridized carbons (Fsp3) is 0.314. The zero-order valence-corrected chi connectivity index (χ0v) is 27.5. The molecule has 3 aromatic carbocycles. The van der Waals surface area contributed by atoms with Gasteiger partial charge in [0.15, 0.2) is 5.66 Å². The highest BCUT2D eigenvalue weighted by Gasteiger charge is 2.55. The van der Waals surface area contributed by atoms with E-state index >= 15 is 0 Å². The average Bonchev–Trinajstić information content (AvgIpc) is 3.56. The van der Waals surface area contributed by atoms with E-state index in [-0.39, 0.29) is 48.0 Å². The van der Waals surface area contributed by atoms with Gasteiger partial charge in [0.25, 0.3) is 11.8 Å². The van der Waals surface area contributed by atoms with Crippen molar-refractivity contribution in [3.8, 4) is 5.75 Å². The predicted octanol–water partition coefficient (Wildman–Crippen LogP) is 4.23. The zero-order valence-electron chi connectivity index (χ0n) is 25.8. The second kappa shape index (κ2) is 13.0. The van der Waals surface area contributed by atoms with Gasteiger partial charge < -0.3 is 20.3 Å². The molecule has 4 unspecified atom stereocenters. The number of benzene rings is 3. The van der Waals surface area contributed by atoms with Crippen LogP contribution in [0.3, 0.4) is 0 Å². The quantitative estimate of drug-likeness (QED) is 0.278. The molecule has 11 heteroatoms. The molecule has 3 heterocycles. The van der Waals surface area contributed by atoms with Crippen LogP contribution in [0.1, 0.15) is 33.5 Å². The minimum absolute atomic E-state index is 0.0335. The van der Waals surface area contributed by atoms with E-state index in [1.165, 1.54) is 13.2 Å². The van der Waals surface area contributed by atoms with Crippen molar-refractivity contribution in [1.29, 1.82) is 0 Å². The van der Waals surface area contributed by atoms with Crippen LogP contribution in [0, 0.1) is 12.8 Å². The summed E-state index contributed by atoms with van der Waals surface area (Å²) in [5, 5.41) is 4.07. The Balaban J connectivity index is 1.38. The summed E-state index contributed by atoms with van der Waals surface area (Å²) in [7, 11) is -2.56. The number of nitrogens with zero attached hydrogens (tertiary/aromatic N) is 2. The first kappa shape index (κ1) is 31.9. The number of fused-ring (bicyclic) bond motifs is 1. The van der Waals surface area contributed by atoms with Gasteiger partial charge in [-0.25, -0.2) is 13.1 Å². The molecule has 2 aliphatic heterocycles. The summed E-state index contributed by atoms with van der Waals surface area (Å²) in [5.41, 5.74) is 8.74. The standard InChI is InChI=1S/C35H38N4O5S2/c1-24-9-8-12-27(17-24)33(40)39-22-30-28(18-26-15-16-45-23-26)19-29(37-46(42,43)32-14-7-6-13-31(32)44-2)21-38(30)34(41)35(39,36)20-25-10-4-3-5-11-25/h3-17,23,28-30,37H,18-22,36H2,1-2H3. The van der Waals surface area contributed by atoms with Crippen LogP contribution < -0.4 is 15.2 Å². The van der Waals surface area contributed by atoms with E-state index in [2.05, 4.69) is 10.1 Å². The summed E-state index contributed by atoms with van der Waals surface area (Å²) in [6, 6.07) is 24.3. The Hall–Kier alpha value is -4.03. The second-order valence-corrected chi connectivity index (χ2v) is 14.7. The molecular weight excluding hydrogens is 621 g/mol. The van der Waals surface area contributed by atoms with Crippen LogP contribution in [0.5, 0.6) is 5.75 Å². The number of aryl methyl sites for hydroxylation is 1. The number of nitrogens with two attached hydrogens (primary N) is 1. The molecule has 240 valence electrons. The normalized spacial score (nSPS) is 23.2. The van der Waals surface area contributed by atoms with Crippen molar-refractivity contribution >= 4 is 33.2 Å². The molecule has 9 nitrogen and oxygen atoms in total. The average molecular weight is 659 g/mol. The lowest BCUT2D eigenvalue weighted by Gasteiger charge is -2.56. The number of amides is 2. The van der Waals surface area contributed by atoms with Gasteiger partial charge >= 0.3 is 0 Å². The fourth-order valence-electron chi connectivity index (χ4n) is 6.84. The van der Waals surface area contributed by atoms with E-state index < -0.39 is 27.6 Å². The number of thiophene rings is 1. The van der Waals surface area contributed by atoms with Gasteiger partial charge in [0.05, 0.1) is 13.2 Å². The Bertz CT molecular complexity index is 1820. The third kappa shape index (κ3) is 6.32. The van der Waals surface area contributed by atoms with Crippen molar-refractivity contribution in [2.45, 2.75) is 48.8 Å². The summed E-state index contributed by atoms with van der Waals surface area (Å²) in [4.78, 5) is 32.3. The van der Waals surface area contributed by atoms with Crippen LogP contribution in [-0.4, -0.2) is 68.0 Å². The highest BCUT2D eigenvalue weighted by Crippen LogP contribution is 2.37. The Morgan fingerprint density at radius 3 is 2.50 bits per heavy atom. The van der Waals surface area contributed by atoms with Gasteiger partial charge in [-0.2, -0.15) is 11.3 Å². The smallest absolute Gasteiger partial charge is 0.264 e. The Labute approximate surface area is 274 Å². The maximum Gasteiger partial charge on any atom is 0.264 e. The number of carbonyl (C=O) groups is 2. The van der Waals surface area contributed by atoms with Crippen molar-refractivity contribution < 1.29 is 22.7 Å². The molecule has 0 bridgehead atoms. The van der Waals surface area contributed by atoms with Crippen LogP contribution in [0.2, 0.25) is 0 Å². The van der Waals surface area contributed by atoms with Crippen molar-refractivity contribution in [3.63, 3.8) is 0 Å². The molecular formula is C35H38N4O5S2. The number of hydrogen-bond donors (Lipinski definition) is 2. The summed E-state index contributed by atoms with van der Waals surface area (Å²) >= 11 is 1.58. The molecule has 2 amide bonds. The number of carbonyl (C=O) groups excluding carboxylic acids is 2. The highest BCUT2D eigenvalue weighted by molar-refractivity contribution is 7.89. The first-order valence-electron chi connectivity index (χ1n) is 15.3. The van der Waals surface area contributed by atoms with Crippen molar-refractivity contribution in [1.82, 2.24) is 14.5 Å². The van der Waals surface area contributed by atoms with Gasteiger partial charge in [0.1, 0.15) is 10.6 Å².